The van der Waals surface area contributed by atoms with Crippen LogP contribution in [-0.2, 0) is 6.54 Å². The molecular weight excluding hydrogens is 265 g/mol. The van der Waals surface area contributed by atoms with Gasteiger partial charge in [0.25, 0.3) is 0 Å². The van der Waals surface area contributed by atoms with Crippen molar-refractivity contribution in [3.8, 4) is 0 Å². The van der Waals surface area contributed by atoms with Crippen molar-refractivity contribution in [2.45, 2.75) is 12.6 Å². The Morgan fingerprint density at radius 2 is 1.95 bits per heavy atom. The van der Waals surface area contributed by atoms with Gasteiger partial charge in [0.05, 0.1) is 6.10 Å². The van der Waals surface area contributed by atoms with Gasteiger partial charge >= 0.3 is 0 Å². The number of rotatable bonds is 5. The maximum atomic E-state index is 13.0. The molecule has 2 N–H and O–H groups in total. The molecule has 0 radical (unpaired) electrons. The van der Waals surface area contributed by atoms with Gasteiger partial charge in [-0.25, -0.2) is 4.39 Å². The Kier molecular flexibility index (Phi) is 4.91. The molecule has 0 heterocycles. The first-order valence-corrected chi connectivity index (χ1v) is 6.42. The predicted octanol–water partition coefficient (Wildman–Crippen LogP) is 3.30. The zero-order valence-electron chi connectivity index (χ0n) is 10.3. The highest BCUT2D eigenvalue weighted by Crippen LogP contribution is 2.21. The second kappa shape index (κ2) is 6.66. The van der Waals surface area contributed by atoms with E-state index < -0.39 is 6.10 Å². The van der Waals surface area contributed by atoms with Crippen molar-refractivity contribution in [2.75, 3.05) is 6.54 Å². The Morgan fingerprint density at radius 1 is 1.16 bits per heavy atom. The van der Waals surface area contributed by atoms with Crippen molar-refractivity contribution >= 4 is 11.6 Å². The number of nitrogens with one attached hydrogen (secondary N) is 1. The van der Waals surface area contributed by atoms with Gasteiger partial charge in [-0.1, -0.05) is 41.9 Å². The van der Waals surface area contributed by atoms with E-state index in [1.54, 1.807) is 18.2 Å². The van der Waals surface area contributed by atoms with E-state index in [0.29, 0.717) is 23.7 Å². The summed E-state index contributed by atoms with van der Waals surface area (Å²) in [7, 11) is 0. The Bertz CT molecular complexity index is 547. The van der Waals surface area contributed by atoms with Crippen molar-refractivity contribution in [2.24, 2.45) is 0 Å². The third kappa shape index (κ3) is 4.03. The van der Waals surface area contributed by atoms with Gasteiger partial charge in [-0.2, -0.15) is 0 Å². The minimum atomic E-state index is -0.678. The minimum Gasteiger partial charge on any atom is -0.387 e. The molecule has 1 unspecified atom stereocenters. The Labute approximate surface area is 116 Å². The fourth-order valence-corrected chi connectivity index (χ4v) is 2.12. The lowest BCUT2D eigenvalue weighted by Crippen LogP contribution is -2.21. The number of benzene rings is 2. The molecule has 0 aliphatic heterocycles. The molecule has 1 atom stereocenters. The second-order valence-electron chi connectivity index (χ2n) is 4.30. The summed E-state index contributed by atoms with van der Waals surface area (Å²) in [5, 5.41) is 13.6. The summed E-state index contributed by atoms with van der Waals surface area (Å²) in [6.07, 6.45) is -0.678. The van der Waals surface area contributed by atoms with Crippen LogP contribution in [0.4, 0.5) is 4.39 Å². The molecule has 2 nitrogen and oxygen atoms in total. The summed E-state index contributed by atoms with van der Waals surface area (Å²) in [6.45, 7) is 0.861. The van der Waals surface area contributed by atoms with Crippen LogP contribution in [0.3, 0.4) is 0 Å². The molecule has 0 aliphatic rings. The molecule has 19 heavy (non-hydrogen) atoms. The summed E-state index contributed by atoms with van der Waals surface area (Å²) in [5.74, 6) is -0.258. The highest BCUT2D eigenvalue weighted by Gasteiger charge is 2.10. The lowest BCUT2D eigenvalue weighted by atomic mass is 10.1. The van der Waals surface area contributed by atoms with Crippen molar-refractivity contribution in [1.82, 2.24) is 5.32 Å². The number of hydrogen-bond donors (Lipinski definition) is 2. The van der Waals surface area contributed by atoms with Gasteiger partial charge in [-0.3, -0.25) is 0 Å². The van der Waals surface area contributed by atoms with Crippen molar-refractivity contribution < 1.29 is 9.50 Å². The van der Waals surface area contributed by atoms with Gasteiger partial charge in [0.2, 0.25) is 0 Å². The molecular formula is C15H15ClFNO. The van der Waals surface area contributed by atoms with E-state index in [4.69, 9.17) is 11.6 Å². The van der Waals surface area contributed by atoms with Crippen LogP contribution in [0.5, 0.6) is 0 Å². The molecule has 0 amide bonds. The van der Waals surface area contributed by atoms with Gasteiger partial charge < -0.3 is 10.4 Å². The Balaban J connectivity index is 1.88. The fraction of sp³-hybridized carbons (Fsp3) is 0.200. The van der Waals surface area contributed by atoms with E-state index in [0.717, 1.165) is 5.56 Å². The smallest absolute Gasteiger partial charge is 0.123 e. The van der Waals surface area contributed by atoms with Crippen LogP contribution < -0.4 is 5.32 Å². The largest absolute Gasteiger partial charge is 0.387 e. The van der Waals surface area contributed by atoms with Crippen LogP contribution in [0.15, 0.2) is 48.5 Å². The van der Waals surface area contributed by atoms with Gasteiger partial charge in [0.1, 0.15) is 5.82 Å². The Hall–Kier alpha value is -1.42. The quantitative estimate of drug-likeness (QED) is 0.880. The molecule has 2 aromatic rings. The lowest BCUT2D eigenvalue weighted by molar-refractivity contribution is 0.174. The highest BCUT2D eigenvalue weighted by molar-refractivity contribution is 6.31. The highest BCUT2D eigenvalue weighted by atomic mass is 35.5. The van der Waals surface area contributed by atoms with Crippen molar-refractivity contribution in [3.63, 3.8) is 0 Å². The SMILES string of the molecule is OC(CNCc1cccc(F)c1)c1ccccc1Cl. The van der Waals surface area contributed by atoms with E-state index in [2.05, 4.69) is 5.32 Å². The number of halogens is 2. The molecule has 2 rings (SSSR count). The minimum absolute atomic E-state index is 0.258. The van der Waals surface area contributed by atoms with Crippen LogP contribution in [-0.4, -0.2) is 11.7 Å². The first-order valence-electron chi connectivity index (χ1n) is 6.04. The molecule has 0 saturated carbocycles. The van der Waals surface area contributed by atoms with E-state index in [1.807, 2.05) is 18.2 Å². The van der Waals surface area contributed by atoms with Crippen molar-refractivity contribution in [3.05, 3.63) is 70.5 Å². The standard InChI is InChI=1S/C15H15ClFNO/c16-14-7-2-1-6-13(14)15(19)10-18-9-11-4-3-5-12(17)8-11/h1-8,15,18-19H,9-10H2. The van der Waals surface area contributed by atoms with Crippen molar-refractivity contribution in [1.29, 1.82) is 0 Å². The number of aliphatic hydroxyl groups is 1. The fourth-order valence-electron chi connectivity index (χ4n) is 1.86. The van der Waals surface area contributed by atoms with Crippen LogP contribution in [0.2, 0.25) is 5.02 Å². The van der Waals surface area contributed by atoms with E-state index in [-0.39, 0.29) is 5.82 Å². The molecule has 0 aromatic heterocycles. The second-order valence-corrected chi connectivity index (χ2v) is 4.71. The first-order chi connectivity index (χ1) is 9.16. The maximum absolute atomic E-state index is 13.0. The molecule has 0 bridgehead atoms. The third-order valence-corrected chi connectivity index (χ3v) is 3.16. The van der Waals surface area contributed by atoms with Crippen LogP contribution in [0.1, 0.15) is 17.2 Å². The molecule has 100 valence electrons. The van der Waals surface area contributed by atoms with Gasteiger partial charge in [0.15, 0.2) is 0 Å². The first kappa shape index (κ1) is 14.0. The topological polar surface area (TPSA) is 32.3 Å². The van der Waals surface area contributed by atoms with E-state index in [9.17, 15) is 9.50 Å². The summed E-state index contributed by atoms with van der Waals surface area (Å²) < 4.78 is 13.0. The molecule has 0 saturated heterocycles. The zero-order valence-corrected chi connectivity index (χ0v) is 11.1. The van der Waals surface area contributed by atoms with Gasteiger partial charge in [0, 0.05) is 23.7 Å². The van der Waals surface area contributed by atoms with E-state index in [1.165, 1.54) is 12.1 Å². The number of hydrogen-bond acceptors (Lipinski definition) is 2. The molecule has 0 fully saturated rings. The molecule has 4 heteroatoms. The monoisotopic (exact) mass is 279 g/mol. The summed E-state index contributed by atoms with van der Waals surface area (Å²) in [5.41, 5.74) is 1.53. The molecule has 0 aliphatic carbocycles. The van der Waals surface area contributed by atoms with Crippen LogP contribution in [0.25, 0.3) is 0 Å². The summed E-state index contributed by atoms with van der Waals surface area (Å²) in [4.78, 5) is 0. The van der Waals surface area contributed by atoms with Crippen LogP contribution in [0, 0.1) is 5.82 Å². The normalized spacial score (nSPS) is 12.4. The maximum Gasteiger partial charge on any atom is 0.123 e. The predicted molar refractivity (Wildman–Crippen MR) is 74.5 cm³/mol. The molecule has 2 aromatic carbocycles. The third-order valence-electron chi connectivity index (χ3n) is 2.82. The van der Waals surface area contributed by atoms with E-state index >= 15 is 0 Å². The zero-order chi connectivity index (χ0) is 13.7. The number of aliphatic hydroxyl groups excluding tert-OH is 1. The molecule has 0 spiro atoms. The lowest BCUT2D eigenvalue weighted by Gasteiger charge is -2.13. The van der Waals surface area contributed by atoms with Gasteiger partial charge in [-0.15, -0.1) is 0 Å². The van der Waals surface area contributed by atoms with Crippen LogP contribution >= 0.6 is 11.6 Å². The summed E-state index contributed by atoms with van der Waals surface area (Å²) in [6, 6.07) is 13.5. The summed E-state index contributed by atoms with van der Waals surface area (Å²) >= 11 is 6.00. The Morgan fingerprint density at radius 3 is 2.68 bits per heavy atom. The average Bonchev–Trinajstić information content (AvgIpc) is 2.39. The average molecular weight is 280 g/mol. The van der Waals surface area contributed by atoms with Gasteiger partial charge in [-0.05, 0) is 23.8 Å².